The lowest BCUT2D eigenvalue weighted by molar-refractivity contribution is -0.384. The van der Waals surface area contributed by atoms with Gasteiger partial charge in [-0.25, -0.2) is 0 Å². The molecular formula is C12H14ClNO6. The van der Waals surface area contributed by atoms with Crippen molar-refractivity contribution in [1.29, 1.82) is 0 Å². The van der Waals surface area contributed by atoms with Crippen LogP contribution < -0.4 is 0 Å². The number of carbonyl (C=O) groups excluding carboxylic acids is 1. The molecule has 2 atom stereocenters. The van der Waals surface area contributed by atoms with Crippen molar-refractivity contribution in [3.63, 3.8) is 0 Å². The standard InChI is InChI=1S/C12H14ClNO6/c1-2-20-11(16)6-10(15)12(17)7-3-4-8(13)9(5-7)14(18)19/h3-5,10,12,15,17H,2,6H2,1H3. The Morgan fingerprint density at radius 2 is 2.15 bits per heavy atom. The molecule has 0 aromatic heterocycles. The van der Waals surface area contributed by atoms with Gasteiger partial charge in [0.2, 0.25) is 0 Å². The van der Waals surface area contributed by atoms with Crippen molar-refractivity contribution in [1.82, 2.24) is 0 Å². The summed E-state index contributed by atoms with van der Waals surface area (Å²) in [5.41, 5.74) is -0.288. The summed E-state index contributed by atoms with van der Waals surface area (Å²) in [5.74, 6) is -0.664. The fourth-order valence-electron chi connectivity index (χ4n) is 1.58. The van der Waals surface area contributed by atoms with E-state index in [0.29, 0.717) is 0 Å². The molecule has 0 heterocycles. The van der Waals surface area contributed by atoms with E-state index in [1.165, 1.54) is 12.1 Å². The second-order valence-electron chi connectivity index (χ2n) is 3.99. The molecule has 110 valence electrons. The van der Waals surface area contributed by atoms with Gasteiger partial charge in [0.05, 0.1) is 24.1 Å². The molecule has 7 nitrogen and oxygen atoms in total. The zero-order chi connectivity index (χ0) is 15.3. The van der Waals surface area contributed by atoms with E-state index in [2.05, 4.69) is 4.74 Å². The van der Waals surface area contributed by atoms with Crippen molar-refractivity contribution in [2.24, 2.45) is 0 Å². The van der Waals surface area contributed by atoms with Crippen molar-refractivity contribution in [3.05, 3.63) is 38.9 Å². The topological polar surface area (TPSA) is 110 Å². The van der Waals surface area contributed by atoms with Crippen LogP contribution in [-0.2, 0) is 9.53 Å². The lowest BCUT2D eigenvalue weighted by Gasteiger charge is -2.17. The van der Waals surface area contributed by atoms with Gasteiger partial charge in [-0.1, -0.05) is 17.7 Å². The first-order valence-electron chi connectivity index (χ1n) is 5.82. The van der Waals surface area contributed by atoms with Crippen LogP contribution in [0, 0.1) is 10.1 Å². The maximum Gasteiger partial charge on any atom is 0.308 e. The minimum atomic E-state index is -1.45. The molecule has 0 bridgehead atoms. The molecular weight excluding hydrogens is 290 g/mol. The van der Waals surface area contributed by atoms with Gasteiger partial charge in [0, 0.05) is 6.07 Å². The molecule has 0 amide bonds. The van der Waals surface area contributed by atoms with Crippen LogP contribution in [0.4, 0.5) is 5.69 Å². The van der Waals surface area contributed by atoms with Gasteiger partial charge in [0.15, 0.2) is 0 Å². The first-order valence-corrected chi connectivity index (χ1v) is 6.20. The third-order valence-corrected chi connectivity index (χ3v) is 2.87. The van der Waals surface area contributed by atoms with Gasteiger partial charge >= 0.3 is 5.97 Å². The van der Waals surface area contributed by atoms with Crippen LogP contribution >= 0.6 is 11.6 Å². The number of hydrogen-bond donors (Lipinski definition) is 2. The highest BCUT2D eigenvalue weighted by atomic mass is 35.5. The second kappa shape index (κ2) is 7.18. The number of aliphatic hydroxyl groups excluding tert-OH is 2. The molecule has 2 N–H and O–H groups in total. The predicted octanol–water partition coefficient (Wildman–Crippen LogP) is 1.60. The molecule has 1 aromatic rings. The first kappa shape index (κ1) is 16.4. The molecule has 8 heteroatoms. The summed E-state index contributed by atoms with van der Waals surface area (Å²) in [7, 11) is 0. The number of benzene rings is 1. The average Bonchev–Trinajstić information content (AvgIpc) is 2.38. The third-order valence-electron chi connectivity index (χ3n) is 2.55. The number of carbonyl (C=O) groups is 1. The van der Waals surface area contributed by atoms with Crippen molar-refractivity contribution in [2.75, 3.05) is 6.61 Å². The van der Waals surface area contributed by atoms with Crippen molar-refractivity contribution >= 4 is 23.3 Å². The highest BCUT2D eigenvalue weighted by molar-refractivity contribution is 6.32. The second-order valence-corrected chi connectivity index (χ2v) is 4.40. The lowest BCUT2D eigenvalue weighted by atomic mass is 10.0. The Balaban J connectivity index is 2.86. The van der Waals surface area contributed by atoms with Gasteiger partial charge in [-0.15, -0.1) is 0 Å². The number of hydrogen-bond acceptors (Lipinski definition) is 6. The molecule has 2 unspecified atom stereocenters. The van der Waals surface area contributed by atoms with E-state index < -0.39 is 29.5 Å². The summed E-state index contributed by atoms with van der Waals surface area (Å²) in [6.07, 6.45) is -3.28. The zero-order valence-electron chi connectivity index (χ0n) is 10.7. The molecule has 0 radical (unpaired) electrons. The number of halogens is 1. The number of nitrogens with zero attached hydrogens (tertiary/aromatic N) is 1. The SMILES string of the molecule is CCOC(=O)CC(O)C(O)c1ccc(Cl)c([N+](=O)[O-])c1. The summed E-state index contributed by atoms with van der Waals surface area (Å²) in [4.78, 5) is 21.2. The molecule has 0 fully saturated rings. The fourth-order valence-corrected chi connectivity index (χ4v) is 1.76. The quantitative estimate of drug-likeness (QED) is 0.469. The Kier molecular flexibility index (Phi) is 5.87. The van der Waals surface area contributed by atoms with Crippen molar-refractivity contribution < 1.29 is 24.7 Å². The normalized spacial score (nSPS) is 13.6. The highest BCUT2D eigenvalue weighted by Crippen LogP contribution is 2.29. The van der Waals surface area contributed by atoms with E-state index in [1.807, 2.05) is 0 Å². The van der Waals surface area contributed by atoms with E-state index in [9.17, 15) is 25.1 Å². The lowest BCUT2D eigenvalue weighted by Crippen LogP contribution is -2.23. The maximum absolute atomic E-state index is 11.2. The Hall–Kier alpha value is -1.70. The van der Waals surface area contributed by atoms with Crippen LogP contribution in [0.3, 0.4) is 0 Å². The molecule has 0 aliphatic rings. The Morgan fingerprint density at radius 1 is 1.50 bits per heavy atom. The third kappa shape index (κ3) is 4.16. The van der Waals surface area contributed by atoms with Crippen LogP contribution in [-0.4, -0.2) is 33.8 Å². The largest absolute Gasteiger partial charge is 0.466 e. The number of ether oxygens (including phenoxy) is 1. The molecule has 0 aliphatic carbocycles. The first-order chi connectivity index (χ1) is 9.36. The molecule has 0 aliphatic heterocycles. The number of nitro benzene ring substituents is 1. The Morgan fingerprint density at radius 3 is 2.70 bits per heavy atom. The van der Waals surface area contributed by atoms with Crippen molar-refractivity contribution in [2.45, 2.75) is 25.6 Å². The number of aliphatic hydroxyl groups is 2. The molecule has 0 spiro atoms. The molecule has 1 aromatic carbocycles. The summed E-state index contributed by atoms with van der Waals surface area (Å²) in [6, 6.07) is 3.64. The minimum Gasteiger partial charge on any atom is -0.466 e. The predicted molar refractivity (Wildman–Crippen MR) is 70.3 cm³/mol. The van der Waals surface area contributed by atoms with Crippen LogP contribution in [0.1, 0.15) is 25.0 Å². The van der Waals surface area contributed by atoms with Gasteiger partial charge in [0.1, 0.15) is 11.1 Å². The number of esters is 1. The molecule has 0 saturated heterocycles. The number of nitro groups is 1. The minimum absolute atomic E-state index is 0.0779. The summed E-state index contributed by atoms with van der Waals surface area (Å²) in [5, 5.41) is 30.2. The smallest absolute Gasteiger partial charge is 0.308 e. The Bertz CT molecular complexity index is 507. The van der Waals surface area contributed by atoms with E-state index in [1.54, 1.807) is 6.92 Å². The van der Waals surface area contributed by atoms with Gasteiger partial charge in [0.25, 0.3) is 5.69 Å². The van der Waals surface area contributed by atoms with Gasteiger partial charge < -0.3 is 14.9 Å². The van der Waals surface area contributed by atoms with Gasteiger partial charge in [-0.3, -0.25) is 14.9 Å². The number of rotatable bonds is 6. The monoisotopic (exact) mass is 303 g/mol. The summed E-state index contributed by atoms with van der Waals surface area (Å²) in [6.45, 7) is 1.78. The van der Waals surface area contributed by atoms with E-state index in [4.69, 9.17) is 11.6 Å². The fraction of sp³-hybridized carbons (Fsp3) is 0.417. The maximum atomic E-state index is 11.2. The molecule has 1 rings (SSSR count). The van der Waals surface area contributed by atoms with Gasteiger partial charge in [-0.2, -0.15) is 0 Å². The van der Waals surface area contributed by atoms with Crippen LogP contribution in [0.15, 0.2) is 18.2 Å². The zero-order valence-corrected chi connectivity index (χ0v) is 11.4. The summed E-state index contributed by atoms with van der Waals surface area (Å²) < 4.78 is 4.64. The van der Waals surface area contributed by atoms with E-state index in [-0.39, 0.29) is 22.9 Å². The molecule has 0 saturated carbocycles. The Labute approximate surface area is 119 Å². The van der Waals surface area contributed by atoms with E-state index in [0.717, 1.165) is 6.07 Å². The van der Waals surface area contributed by atoms with Crippen molar-refractivity contribution in [3.8, 4) is 0 Å². The van der Waals surface area contributed by atoms with Gasteiger partial charge in [-0.05, 0) is 18.6 Å². The summed E-state index contributed by atoms with van der Waals surface area (Å²) >= 11 is 5.64. The molecule has 20 heavy (non-hydrogen) atoms. The average molecular weight is 304 g/mol. The van der Waals surface area contributed by atoms with Crippen LogP contribution in [0.25, 0.3) is 0 Å². The highest BCUT2D eigenvalue weighted by Gasteiger charge is 2.24. The van der Waals surface area contributed by atoms with Crippen LogP contribution in [0.5, 0.6) is 0 Å². The van der Waals surface area contributed by atoms with E-state index >= 15 is 0 Å². The van der Waals surface area contributed by atoms with Crippen LogP contribution in [0.2, 0.25) is 5.02 Å².